The van der Waals surface area contributed by atoms with Crippen LogP contribution in [-0.4, -0.2) is 33.8 Å². The molecule has 0 heterocycles. The Hall–Kier alpha value is -4.08. The molecule has 0 aromatic heterocycles. The van der Waals surface area contributed by atoms with E-state index in [0.29, 0.717) is 12.8 Å². The summed E-state index contributed by atoms with van der Waals surface area (Å²) in [6.45, 7) is 7.83. The Kier molecular flexibility index (Phi) is 15.8. The minimum absolute atomic E-state index is 0.0431. The SMILES string of the molecule is CCCCCCCC(C(=O)NNC(=O)c1cc(CCCC)ccc1O)C(C)C(=O)NNC(=O)c1cc(CCCC)ccc1O. The molecule has 6 N–H and O–H groups in total. The third kappa shape index (κ3) is 11.5. The predicted molar refractivity (Wildman–Crippen MR) is 171 cm³/mol. The predicted octanol–water partition coefficient (Wildman–Crippen LogP) is 5.62. The van der Waals surface area contributed by atoms with Crippen molar-refractivity contribution >= 4 is 23.6 Å². The van der Waals surface area contributed by atoms with E-state index in [1.807, 2.05) is 0 Å². The number of hydrogen-bond acceptors (Lipinski definition) is 6. The maximum atomic E-state index is 13.3. The summed E-state index contributed by atoms with van der Waals surface area (Å²) in [5.74, 6) is -4.52. The minimum atomic E-state index is -0.853. The fourth-order valence-electron chi connectivity index (χ4n) is 4.94. The van der Waals surface area contributed by atoms with E-state index in [1.54, 1.807) is 31.2 Å². The lowest BCUT2D eigenvalue weighted by Crippen LogP contribution is -2.50. The molecule has 0 fully saturated rings. The van der Waals surface area contributed by atoms with Gasteiger partial charge in [0.2, 0.25) is 11.8 Å². The van der Waals surface area contributed by atoms with Crippen LogP contribution < -0.4 is 21.7 Å². The van der Waals surface area contributed by atoms with Crippen LogP contribution in [0.4, 0.5) is 0 Å². The zero-order valence-corrected chi connectivity index (χ0v) is 26.6. The summed E-state index contributed by atoms with van der Waals surface area (Å²) in [6.07, 6.45) is 10.5. The Morgan fingerprint density at radius 3 is 1.55 bits per heavy atom. The summed E-state index contributed by atoms with van der Waals surface area (Å²) < 4.78 is 0. The molecule has 44 heavy (non-hydrogen) atoms. The molecule has 0 aliphatic rings. The molecule has 242 valence electrons. The van der Waals surface area contributed by atoms with Gasteiger partial charge < -0.3 is 10.2 Å². The van der Waals surface area contributed by atoms with Gasteiger partial charge in [0.1, 0.15) is 11.5 Å². The van der Waals surface area contributed by atoms with Gasteiger partial charge in [0, 0.05) is 5.92 Å². The number of nitrogens with one attached hydrogen (secondary N) is 4. The van der Waals surface area contributed by atoms with Gasteiger partial charge in [-0.05, 0) is 67.5 Å². The topological polar surface area (TPSA) is 157 Å². The van der Waals surface area contributed by atoms with Crippen molar-refractivity contribution < 1.29 is 29.4 Å². The second-order valence-corrected chi connectivity index (χ2v) is 11.4. The molecular weight excluding hydrogens is 560 g/mol. The summed E-state index contributed by atoms with van der Waals surface area (Å²) in [5.41, 5.74) is 11.4. The average Bonchev–Trinajstić information content (AvgIpc) is 3.02. The van der Waals surface area contributed by atoms with E-state index in [-0.39, 0.29) is 22.6 Å². The van der Waals surface area contributed by atoms with Gasteiger partial charge in [-0.25, -0.2) is 0 Å². The van der Waals surface area contributed by atoms with Gasteiger partial charge in [0.25, 0.3) is 11.8 Å². The first-order valence-electron chi connectivity index (χ1n) is 16.0. The van der Waals surface area contributed by atoms with E-state index >= 15 is 0 Å². The maximum Gasteiger partial charge on any atom is 0.273 e. The largest absolute Gasteiger partial charge is 0.507 e. The van der Waals surface area contributed by atoms with Gasteiger partial charge in [-0.2, -0.15) is 0 Å². The van der Waals surface area contributed by atoms with E-state index in [9.17, 15) is 29.4 Å². The molecule has 0 aliphatic carbocycles. The van der Waals surface area contributed by atoms with E-state index < -0.39 is 35.5 Å². The van der Waals surface area contributed by atoms with E-state index in [2.05, 4.69) is 42.5 Å². The third-order valence-corrected chi connectivity index (χ3v) is 7.82. The molecule has 10 heteroatoms. The number of carbonyl (C=O) groups excluding carboxylic acids is 4. The summed E-state index contributed by atoms with van der Waals surface area (Å²) in [6, 6.07) is 9.64. The first-order valence-corrected chi connectivity index (χ1v) is 16.0. The summed E-state index contributed by atoms with van der Waals surface area (Å²) in [7, 11) is 0. The summed E-state index contributed by atoms with van der Waals surface area (Å²) in [4.78, 5) is 52.0. The average molecular weight is 611 g/mol. The Morgan fingerprint density at radius 2 is 1.07 bits per heavy atom. The number of benzene rings is 2. The van der Waals surface area contributed by atoms with Crippen LogP contribution in [0.1, 0.15) is 124 Å². The summed E-state index contributed by atoms with van der Waals surface area (Å²) in [5, 5.41) is 20.4. The van der Waals surface area contributed by atoms with Gasteiger partial charge in [-0.3, -0.25) is 40.9 Å². The lowest BCUT2D eigenvalue weighted by Gasteiger charge is -2.23. The monoisotopic (exact) mass is 610 g/mol. The normalized spacial score (nSPS) is 12.2. The Bertz CT molecular complexity index is 1250. The molecule has 0 saturated heterocycles. The first kappa shape index (κ1) is 36.1. The Morgan fingerprint density at radius 1 is 0.614 bits per heavy atom. The number of phenolic OH excluding ortho intramolecular Hbond substituents is 2. The van der Waals surface area contributed by atoms with Crippen LogP contribution in [0.25, 0.3) is 0 Å². The molecule has 0 bridgehead atoms. The standard InChI is InChI=1S/C34H50N4O6/c1-5-8-11-12-13-16-26(32(42)36-38-34(44)28-22-25(15-10-7-3)18-20-30(28)40)23(4)31(41)35-37-33(43)27-21-24(14-9-6-2)17-19-29(27)39/h17-23,26,39-40H,5-16H2,1-4H3,(H,35,41)(H,36,42)(H,37,43)(H,38,44). The fraction of sp³-hybridized carbons (Fsp3) is 0.529. The van der Waals surface area contributed by atoms with Crippen LogP contribution in [0.5, 0.6) is 11.5 Å². The minimum Gasteiger partial charge on any atom is -0.507 e. The second-order valence-electron chi connectivity index (χ2n) is 11.4. The van der Waals surface area contributed by atoms with Crippen molar-refractivity contribution in [2.24, 2.45) is 11.8 Å². The van der Waals surface area contributed by atoms with Crippen molar-refractivity contribution in [2.45, 2.75) is 105 Å². The zero-order valence-electron chi connectivity index (χ0n) is 26.6. The van der Waals surface area contributed by atoms with Crippen LogP contribution in [0.15, 0.2) is 36.4 Å². The van der Waals surface area contributed by atoms with Crippen molar-refractivity contribution in [3.05, 3.63) is 58.7 Å². The van der Waals surface area contributed by atoms with Gasteiger partial charge in [-0.15, -0.1) is 0 Å². The Labute approximate surface area is 261 Å². The van der Waals surface area contributed by atoms with Gasteiger partial charge in [0.15, 0.2) is 0 Å². The second kappa shape index (κ2) is 19.2. The van der Waals surface area contributed by atoms with Crippen molar-refractivity contribution in [1.82, 2.24) is 21.7 Å². The van der Waals surface area contributed by atoms with Crippen molar-refractivity contribution in [3.8, 4) is 11.5 Å². The first-order chi connectivity index (χ1) is 21.1. The van der Waals surface area contributed by atoms with Gasteiger partial charge in [0.05, 0.1) is 17.0 Å². The van der Waals surface area contributed by atoms with Gasteiger partial charge >= 0.3 is 0 Å². The molecular formula is C34H50N4O6. The van der Waals surface area contributed by atoms with E-state index in [0.717, 1.165) is 75.3 Å². The van der Waals surface area contributed by atoms with Crippen LogP contribution in [-0.2, 0) is 22.4 Å². The number of unbranched alkanes of at least 4 members (excludes halogenated alkanes) is 6. The van der Waals surface area contributed by atoms with Crippen LogP contribution in [0.2, 0.25) is 0 Å². The van der Waals surface area contributed by atoms with Crippen molar-refractivity contribution in [1.29, 1.82) is 0 Å². The highest BCUT2D eigenvalue weighted by atomic mass is 16.3. The molecule has 2 aromatic carbocycles. The molecule has 2 aromatic rings. The molecule has 0 saturated carbocycles. The molecule has 0 spiro atoms. The maximum absolute atomic E-state index is 13.3. The fourth-order valence-corrected chi connectivity index (χ4v) is 4.94. The summed E-state index contributed by atoms with van der Waals surface area (Å²) >= 11 is 0. The molecule has 0 radical (unpaired) electrons. The van der Waals surface area contributed by atoms with Crippen molar-refractivity contribution in [3.63, 3.8) is 0 Å². The highest BCUT2D eigenvalue weighted by Crippen LogP contribution is 2.23. The van der Waals surface area contributed by atoms with Gasteiger partial charge in [-0.1, -0.05) is 84.8 Å². The highest BCUT2D eigenvalue weighted by Gasteiger charge is 2.31. The molecule has 0 aliphatic heterocycles. The molecule has 2 unspecified atom stereocenters. The molecule has 2 rings (SSSR count). The molecule has 2 atom stereocenters. The number of carbonyl (C=O) groups is 4. The number of hydrazine groups is 2. The third-order valence-electron chi connectivity index (χ3n) is 7.82. The number of phenols is 2. The van der Waals surface area contributed by atoms with E-state index in [1.165, 1.54) is 12.1 Å². The quantitative estimate of drug-likeness (QED) is 0.101. The number of hydrogen-bond donors (Lipinski definition) is 6. The number of amides is 4. The number of aryl methyl sites for hydroxylation is 2. The van der Waals surface area contributed by atoms with Crippen molar-refractivity contribution in [2.75, 3.05) is 0 Å². The van der Waals surface area contributed by atoms with E-state index in [4.69, 9.17) is 0 Å². The van der Waals surface area contributed by atoms with Crippen LogP contribution >= 0.6 is 0 Å². The smallest absolute Gasteiger partial charge is 0.273 e. The number of rotatable bonds is 17. The molecule has 10 nitrogen and oxygen atoms in total. The zero-order chi connectivity index (χ0) is 32.5. The number of aromatic hydroxyl groups is 2. The van der Waals surface area contributed by atoms with Crippen LogP contribution in [0.3, 0.4) is 0 Å². The lowest BCUT2D eigenvalue weighted by molar-refractivity contribution is -0.135. The highest BCUT2D eigenvalue weighted by molar-refractivity contribution is 5.99. The Balaban J connectivity index is 2.07. The van der Waals surface area contributed by atoms with Crippen LogP contribution in [0, 0.1) is 11.8 Å². The molecule has 4 amide bonds. The lowest BCUT2D eigenvalue weighted by atomic mass is 9.87.